The van der Waals surface area contributed by atoms with E-state index in [2.05, 4.69) is 5.32 Å². The van der Waals surface area contributed by atoms with Gasteiger partial charge in [-0.15, -0.1) is 11.3 Å². The van der Waals surface area contributed by atoms with E-state index in [1.165, 1.54) is 23.1 Å². The molecule has 2 aromatic heterocycles. The number of thioether (sulfide) groups is 1. The highest BCUT2D eigenvalue weighted by Crippen LogP contribution is 2.29. The topological polar surface area (TPSA) is 73.2 Å². The Bertz CT molecular complexity index is 1070. The van der Waals surface area contributed by atoms with Crippen LogP contribution in [-0.4, -0.2) is 41.5 Å². The minimum absolute atomic E-state index is 0.0885. The molecule has 29 heavy (non-hydrogen) atoms. The number of amides is 1. The Morgan fingerprint density at radius 1 is 1.24 bits per heavy atom. The first-order chi connectivity index (χ1) is 13.9. The summed E-state index contributed by atoms with van der Waals surface area (Å²) in [5.41, 5.74) is 2.74. The molecule has 0 spiro atoms. The van der Waals surface area contributed by atoms with Crippen LogP contribution in [0, 0.1) is 20.8 Å². The van der Waals surface area contributed by atoms with Crippen molar-refractivity contribution in [1.82, 2.24) is 14.9 Å². The number of thiophene rings is 1. The van der Waals surface area contributed by atoms with E-state index in [4.69, 9.17) is 9.72 Å². The standard InChI is InChI=1S/C21H25N3O3S2/c1-13-6-8-16(9-7-13)24-20(26)18-14(2)15(3)29-19(18)23-21(24)28-12-17(25)22-10-5-11-27-4/h6-9H,5,10-12H2,1-4H3,(H,22,25). The fraction of sp³-hybridized carbons (Fsp3) is 0.381. The van der Waals surface area contributed by atoms with Crippen LogP contribution in [0.2, 0.25) is 0 Å². The number of fused-ring (bicyclic) bond motifs is 1. The monoisotopic (exact) mass is 431 g/mol. The van der Waals surface area contributed by atoms with Crippen LogP contribution in [0.25, 0.3) is 15.9 Å². The zero-order chi connectivity index (χ0) is 21.0. The summed E-state index contributed by atoms with van der Waals surface area (Å²) in [5, 5.41) is 4.05. The number of methoxy groups -OCH3 is 1. The van der Waals surface area contributed by atoms with Crippen LogP contribution in [0.5, 0.6) is 0 Å². The Morgan fingerprint density at radius 2 is 1.97 bits per heavy atom. The molecule has 0 fully saturated rings. The number of nitrogens with zero attached hydrogens (tertiary/aromatic N) is 2. The fourth-order valence-corrected chi connectivity index (χ4v) is 4.83. The molecular formula is C21H25N3O3S2. The first kappa shape index (κ1) is 21.5. The van der Waals surface area contributed by atoms with E-state index in [9.17, 15) is 9.59 Å². The van der Waals surface area contributed by atoms with Crippen molar-refractivity contribution in [2.45, 2.75) is 32.3 Å². The summed E-state index contributed by atoms with van der Waals surface area (Å²) >= 11 is 2.79. The predicted octanol–water partition coefficient (Wildman–Crippen LogP) is 3.62. The maximum absolute atomic E-state index is 13.4. The number of hydrogen-bond donors (Lipinski definition) is 1. The second-order valence-corrected chi connectivity index (χ2v) is 8.96. The van der Waals surface area contributed by atoms with Crippen molar-refractivity contribution in [1.29, 1.82) is 0 Å². The molecule has 6 nitrogen and oxygen atoms in total. The highest BCUT2D eigenvalue weighted by molar-refractivity contribution is 7.99. The lowest BCUT2D eigenvalue weighted by Gasteiger charge is -2.12. The first-order valence-electron chi connectivity index (χ1n) is 9.40. The van der Waals surface area contributed by atoms with Gasteiger partial charge >= 0.3 is 0 Å². The van der Waals surface area contributed by atoms with Crippen molar-refractivity contribution < 1.29 is 9.53 Å². The molecule has 0 atom stereocenters. The average molecular weight is 432 g/mol. The summed E-state index contributed by atoms with van der Waals surface area (Å²) in [4.78, 5) is 32.1. The average Bonchev–Trinajstić information content (AvgIpc) is 2.98. The number of aryl methyl sites for hydroxylation is 3. The summed E-state index contributed by atoms with van der Waals surface area (Å²) in [7, 11) is 1.64. The zero-order valence-electron chi connectivity index (χ0n) is 17.1. The molecule has 0 aliphatic carbocycles. The van der Waals surface area contributed by atoms with Crippen LogP contribution in [-0.2, 0) is 9.53 Å². The van der Waals surface area contributed by atoms with E-state index < -0.39 is 0 Å². The first-order valence-corrected chi connectivity index (χ1v) is 11.2. The molecule has 154 valence electrons. The summed E-state index contributed by atoms with van der Waals surface area (Å²) in [6, 6.07) is 7.75. The number of ether oxygens (including phenoxy) is 1. The molecule has 0 aliphatic rings. The smallest absolute Gasteiger partial charge is 0.267 e. The van der Waals surface area contributed by atoms with Gasteiger partial charge in [0.2, 0.25) is 5.91 Å². The normalized spacial score (nSPS) is 11.2. The third-order valence-corrected chi connectivity index (χ3v) is 6.68. The van der Waals surface area contributed by atoms with E-state index in [0.717, 1.165) is 32.9 Å². The van der Waals surface area contributed by atoms with Crippen molar-refractivity contribution in [2.24, 2.45) is 0 Å². The summed E-state index contributed by atoms with van der Waals surface area (Å²) in [6.45, 7) is 7.13. The molecule has 0 bridgehead atoms. The quantitative estimate of drug-likeness (QED) is 0.335. The highest BCUT2D eigenvalue weighted by Gasteiger charge is 2.18. The van der Waals surface area contributed by atoms with Crippen LogP contribution in [0.1, 0.15) is 22.4 Å². The summed E-state index contributed by atoms with van der Waals surface area (Å²) in [6.07, 6.45) is 0.763. The van der Waals surface area contributed by atoms with E-state index in [0.29, 0.717) is 23.7 Å². The third kappa shape index (κ3) is 4.88. The molecule has 1 aromatic carbocycles. The van der Waals surface area contributed by atoms with Crippen LogP contribution in [0.3, 0.4) is 0 Å². The van der Waals surface area contributed by atoms with Gasteiger partial charge in [0.05, 0.1) is 16.8 Å². The van der Waals surface area contributed by atoms with Gasteiger partial charge in [0, 0.05) is 25.1 Å². The molecule has 0 aliphatic heterocycles. The lowest BCUT2D eigenvalue weighted by Crippen LogP contribution is -2.27. The molecule has 3 aromatic rings. The highest BCUT2D eigenvalue weighted by atomic mass is 32.2. The second-order valence-electron chi connectivity index (χ2n) is 6.82. The fourth-order valence-electron chi connectivity index (χ4n) is 2.92. The Hall–Kier alpha value is -2.16. The van der Waals surface area contributed by atoms with Crippen molar-refractivity contribution in [3.63, 3.8) is 0 Å². The number of carbonyl (C=O) groups is 1. The number of hydrogen-bond acceptors (Lipinski definition) is 6. The third-order valence-electron chi connectivity index (χ3n) is 4.64. The largest absolute Gasteiger partial charge is 0.385 e. The van der Waals surface area contributed by atoms with Crippen LogP contribution in [0.15, 0.2) is 34.2 Å². The van der Waals surface area contributed by atoms with E-state index in [1.807, 2.05) is 45.0 Å². The molecule has 0 saturated carbocycles. The lowest BCUT2D eigenvalue weighted by atomic mass is 10.2. The Morgan fingerprint density at radius 3 is 2.66 bits per heavy atom. The lowest BCUT2D eigenvalue weighted by molar-refractivity contribution is -0.118. The van der Waals surface area contributed by atoms with Crippen molar-refractivity contribution in [3.8, 4) is 5.69 Å². The van der Waals surface area contributed by atoms with Crippen LogP contribution in [0.4, 0.5) is 0 Å². The van der Waals surface area contributed by atoms with Crippen molar-refractivity contribution in [3.05, 3.63) is 50.6 Å². The van der Waals surface area contributed by atoms with Gasteiger partial charge in [0.15, 0.2) is 5.16 Å². The molecular weight excluding hydrogens is 406 g/mol. The molecule has 0 saturated heterocycles. The van der Waals surface area contributed by atoms with Gasteiger partial charge in [-0.05, 0) is 44.9 Å². The zero-order valence-corrected chi connectivity index (χ0v) is 18.7. The Balaban J connectivity index is 1.94. The SMILES string of the molecule is COCCCNC(=O)CSc1nc2sc(C)c(C)c2c(=O)n1-c1ccc(C)cc1. The Labute approximate surface area is 178 Å². The minimum atomic E-state index is -0.0938. The molecule has 1 amide bonds. The molecule has 2 heterocycles. The van der Waals surface area contributed by atoms with Crippen LogP contribution < -0.4 is 10.9 Å². The predicted molar refractivity (Wildman–Crippen MR) is 120 cm³/mol. The van der Waals surface area contributed by atoms with Gasteiger partial charge in [0.1, 0.15) is 4.83 Å². The number of carbonyl (C=O) groups excluding carboxylic acids is 1. The molecule has 0 unspecified atom stereocenters. The molecule has 1 N–H and O–H groups in total. The minimum Gasteiger partial charge on any atom is -0.385 e. The van der Waals surface area contributed by atoms with Gasteiger partial charge in [-0.3, -0.25) is 14.2 Å². The van der Waals surface area contributed by atoms with E-state index >= 15 is 0 Å². The number of rotatable bonds is 8. The second kappa shape index (κ2) is 9.56. The molecule has 3 rings (SSSR count). The molecule has 0 radical (unpaired) electrons. The van der Waals surface area contributed by atoms with Gasteiger partial charge in [-0.2, -0.15) is 0 Å². The summed E-state index contributed by atoms with van der Waals surface area (Å²) < 4.78 is 6.60. The van der Waals surface area contributed by atoms with Gasteiger partial charge < -0.3 is 10.1 Å². The number of aromatic nitrogens is 2. The van der Waals surface area contributed by atoms with Crippen molar-refractivity contribution in [2.75, 3.05) is 26.0 Å². The molecule has 8 heteroatoms. The van der Waals surface area contributed by atoms with Crippen LogP contribution >= 0.6 is 23.1 Å². The van der Waals surface area contributed by atoms with Crippen molar-refractivity contribution >= 4 is 39.2 Å². The summed E-state index contributed by atoms with van der Waals surface area (Å²) in [5.74, 6) is 0.106. The maximum atomic E-state index is 13.4. The van der Waals surface area contributed by atoms with Gasteiger partial charge in [-0.25, -0.2) is 4.98 Å². The van der Waals surface area contributed by atoms with Gasteiger partial charge in [-0.1, -0.05) is 29.5 Å². The van der Waals surface area contributed by atoms with Gasteiger partial charge in [0.25, 0.3) is 5.56 Å². The number of benzene rings is 1. The number of nitrogens with one attached hydrogen (secondary N) is 1. The van der Waals surface area contributed by atoms with E-state index in [-0.39, 0.29) is 17.2 Å². The van der Waals surface area contributed by atoms with E-state index in [1.54, 1.807) is 11.7 Å². The maximum Gasteiger partial charge on any atom is 0.267 e. The Kier molecular flexibility index (Phi) is 7.10.